The van der Waals surface area contributed by atoms with Gasteiger partial charge in [-0.25, -0.2) is 9.59 Å². The fourth-order valence-electron chi connectivity index (χ4n) is 7.98. The highest BCUT2D eigenvalue weighted by atomic mass is 16.6. The van der Waals surface area contributed by atoms with Crippen LogP contribution < -0.4 is 16.0 Å². The van der Waals surface area contributed by atoms with Gasteiger partial charge in [-0.05, 0) is 79.9 Å². The van der Waals surface area contributed by atoms with Gasteiger partial charge in [-0.15, -0.1) is 0 Å². The number of hydrogen-bond acceptors (Lipinski definition) is 5. The summed E-state index contributed by atoms with van der Waals surface area (Å²) in [6, 6.07) is 16.2. The Kier molecular flexibility index (Phi) is 8.65. The third kappa shape index (κ3) is 6.90. The highest BCUT2D eigenvalue weighted by molar-refractivity contribution is 5.94. The quantitative estimate of drug-likeness (QED) is 0.199. The molecule has 2 aromatic carbocycles. The molecule has 4 bridgehead atoms. The van der Waals surface area contributed by atoms with Crippen molar-refractivity contribution in [1.82, 2.24) is 20.9 Å². The van der Waals surface area contributed by atoms with Crippen molar-refractivity contribution >= 4 is 34.8 Å². The zero-order valence-corrected chi connectivity index (χ0v) is 25.3. The van der Waals surface area contributed by atoms with Crippen LogP contribution in [0.3, 0.4) is 0 Å². The van der Waals surface area contributed by atoms with Crippen molar-refractivity contribution < 1.29 is 29.0 Å². The summed E-state index contributed by atoms with van der Waals surface area (Å²) in [4.78, 5) is 54.2. The number of carbonyl (C=O) groups excluding carboxylic acids is 3. The number of ether oxygens (including phenoxy) is 1. The number of hydrogen-bond donors (Lipinski definition) is 5. The standard InChI is InChI=1S/C35H40N4O6/c1-35(18-26-19-36-28-10-6-5-9-27(26)28,39-34(44)45-32-24-14-21-13-22(16-24)17-25(32)15-21)33(43)37-20-29(23-7-3-2-4-8-23)38-30(40)11-12-31(41)42/h2-12,19,21-22,24-25,29,32,36H,13-18,20H2,1H3,(H,37,43)(H,38,40)(H,39,44)(H,41,42)/b12-11-/t21?,22?,24?,25?,29-,32?,35+/m0/s1. The van der Waals surface area contributed by atoms with Crippen molar-refractivity contribution in [3.05, 3.63) is 84.1 Å². The van der Waals surface area contributed by atoms with E-state index in [-0.39, 0.29) is 19.1 Å². The molecule has 2 atom stereocenters. The molecule has 45 heavy (non-hydrogen) atoms. The predicted octanol–water partition coefficient (Wildman–Crippen LogP) is 4.63. The highest BCUT2D eigenvalue weighted by Crippen LogP contribution is 2.54. The van der Waals surface area contributed by atoms with Crippen molar-refractivity contribution in [1.29, 1.82) is 0 Å². The Hall–Kier alpha value is -4.60. The molecule has 4 aliphatic carbocycles. The number of carbonyl (C=O) groups is 4. The second kappa shape index (κ2) is 12.8. The molecule has 0 saturated heterocycles. The number of aliphatic carboxylic acids is 1. The van der Waals surface area contributed by atoms with Crippen LogP contribution in [-0.2, 0) is 25.5 Å². The second-order valence-electron chi connectivity index (χ2n) is 13.1. The molecule has 3 aromatic rings. The summed E-state index contributed by atoms with van der Waals surface area (Å²) in [7, 11) is 0. The maximum atomic E-state index is 14.0. The molecule has 5 N–H and O–H groups in total. The van der Waals surface area contributed by atoms with Crippen LogP contribution in [0.5, 0.6) is 0 Å². The number of carboxylic acids is 1. The number of aromatic nitrogens is 1. The SMILES string of the molecule is C[C@](Cc1c[nH]c2ccccc12)(NC(=O)OC1C2CC3CC(C2)CC1C3)C(=O)NC[C@H](NC(=O)/C=C\C(=O)O)c1ccccc1. The van der Waals surface area contributed by atoms with Gasteiger partial charge in [0.1, 0.15) is 11.6 Å². The van der Waals surface area contributed by atoms with Crippen molar-refractivity contribution in [3.8, 4) is 0 Å². The van der Waals surface area contributed by atoms with Crippen LogP contribution >= 0.6 is 0 Å². The fourth-order valence-corrected chi connectivity index (χ4v) is 7.98. The Balaban J connectivity index is 1.20. The molecule has 236 valence electrons. The smallest absolute Gasteiger partial charge is 0.408 e. The summed E-state index contributed by atoms with van der Waals surface area (Å²) in [6.07, 6.45) is 8.72. The number of aromatic amines is 1. The average Bonchev–Trinajstić information content (AvgIpc) is 3.42. The minimum atomic E-state index is -1.39. The maximum Gasteiger partial charge on any atom is 0.408 e. The lowest BCUT2D eigenvalue weighted by atomic mass is 9.55. The fraction of sp³-hybridized carbons (Fsp3) is 0.429. The van der Waals surface area contributed by atoms with Gasteiger partial charge in [0.15, 0.2) is 0 Å². The van der Waals surface area contributed by atoms with Crippen LogP contribution in [0.2, 0.25) is 0 Å². The van der Waals surface area contributed by atoms with Crippen LogP contribution in [-0.4, -0.2) is 52.2 Å². The highest BCUT2D eigenvalue weighted by Gasteiger charge is 2.50. The van der Waals surface area contributed by atoms with Crippen molar-refractivity contribution in [2.45, 2.75) is 63.1 Å². The number of rotatable bonds is 11. The molecule has 7 rings (SSSR count). The topological polar surface area (TPSA) is 150 Å². The number of nitrogens with one attached hydrogen (secondary N) is 4. The number of fused-ring (bicyclic) bond motifs is 1. The Labute approximate surface area is 262 Å². The van der Waals surface area contributed by atoms with Gasteiger partial charge in [0.25, 0.3) is 0 Å². The molecule has 10 heteroatoms. The van der Waals surface area contributed by atoms with E-state index in [0.717, 1.165) is 71.7 Å². The molecule has 0 aliphatic heterocycles. The van der Waals surface area contributed by atoms with Crippen molar-refractivity contribution in [3.63, 3.8) is 0 Å². The summed E-state index contributed by atoms with van der Waals surface area (Å²) in [5.74, 6) is -0.0471. The van der Waals surface area contributed by atoms with E-state index >= 15 is 0 Å². The zero-order valence-electron chi connectivity index (χ0n) is 25.3. The first-order chi connectivity index (χ1) is 21.7. The van der Waals surface area contributed by atoms with Gasteiger partial charge in [0.05, 0.1) is 6.04 Å². The molecule has 1 heterocycles. The second-order valence-corrected chi connectivity index (χ2v) is 13.1. The van der Waals surface area contributed by atoms with Gasteiger partial charge >= 0.3 is 12.1 Å². The van der Waals surface area contributed by atoms with Crippen LogP contribution in [0.1, 0.15) is 56.2 Å². The van der Waals surface area contributed by atoms with E-state index in [9.17, 15) is 19.2 Å². The molecular weight excluding hydrogens is 572 g/mol. The molecule has 3 amide bonds. The Morgan fingerprint density at radius 3 is 2.31 bits per heavy atom. The summed E-state index contributed by atoms with van der Waals surface area (Å²) in [5.41, 5.74) is 1.13. The number of carboxylic acid groups (broad SMARTS) is 1. The maximum absolute atomic E-state index is 14.0. The van der Waals surface area contributed by atoms with Gasteiger partial charge < -0.3 is 30.8 Å². The number of para-hydroxylation sites is 1. The van der Waals surface area contributed by atoms with Gasteiger partial charge in [-0.2, -0.15) is 0 Å². The number of H-pyrrole nitrogens is 1. The predicted molar refractivity (Wildman–Crippen MR) is 168 cm³/mol. The van der Waals surface area contributed by atoms with E-state index in [0.29, 0.717) is 11.8 Å². The Morgan fingerprint density at radius 1 is 0.956 bits per heavy atom. The zero-order chi connectivity index (χ0) is 31.6. The molecule has 0 unspecified atom stereocenters. The molecule has 4 saturated carbocycles. The van der Waals surface area contributed by atoms with E-state index in [1.165, 1.54) is 6.42 Å². The van der Waals surface area contributed by atoms with E-state index in [2.05, 4.69) is 20.9 Å². The number of alkyl carbamates (subject to hydrolysis) is 1. The van der Waals surface area contributed by atoms with Crippen molar-refractivity contribution in [2.75, 3.05) is 6.54 Å². The molecular formula is C35H40N4O6. The van der Waals surface area contributed by atoms with E-state index in [1.54, 1.807) is 6.92 Å². The average molecular weight is 613 g/mol. The molecule has 10 nitrogen and oxygen atoms in total. The molecule has 1 aromatic heterocycles. The van der Waals surface area contributed by atoms with Crippen LogP contribution in [0.25, 0.3) is 10.9 Å². The van der Waals surface area contributed by atoms with Crippen LogP contribution in [0.15, 0.2) is 72.9 Å². The lowest BCUT2D eigenvalue weighted by Gasteiger charge is -2.53. The third-order valence-electron chi connectivity index (χ3n) is 9.84. The van der Waals surface area contributed by atoms with Gasteiger partial charge in [-0.1, -0.05) is 48.5 Å². The largest absolute Gasteiger partial charge is 0.478 e. The first-order valence-corrected chi connectivity index (χ1v) is 15.8. The van der Waals surface area contributed by atoms with E-state index in [1.807, 2.05) is 60.8 Å². The summed E-state index contributed by atoms with van der Waals surface area (Å²) >= 11 is 0. The third-order valence-corrected chi connectivity index (χ3v) is 9.84. The number of benzene rings is 2. The lowest BCUT2D eigenvalue weighted by molar-refractivity contribution is -0.131. The molecule has 0 radical (unpaired) electrons. The van der Waals surface area contributed by atoms with Gasteiger partial charge in [-0.3, -0.25) is 9.59 Å². The number of amides is 3. The molecule has 4 aliphatic rings. The minimum absolute atomic E-state index is 0.00521. The minimum Gasteiger partial charge on any atom is -0.478 e. The van der Waals surface area contributed by atoms with Gasteiger partial charge in [0, 0.05) is 42.2 Å². The van der Waals surface area contributed by atoms with Crippen molar-refractivity contribution in [2.24, 2.45) is 23.7 Å². The molecule has 4 fully saturated rings. The summed E-state index contributed by atoms with van der Waals surface area (Å²) in [6.45, 7) is 1.69. The van der Waals surface area contributed by atoms with E-state index < -0.39 is 35.5 Å². The Bertz CT molecular complexity index is 1570. The first-order valence-electron chi connectivity index (χ1n) is 15.8. The van der Waals surface area contributed by atoms with E-state index in [4.69, 9.17) is 9.84 Å². The molecule has 0 spiro atoms. The summed E-state index contributed by atoms with van der Waals surface area (Å²) < 4.78 is 6.12. The lowest BCUT2D eigenvalue weighted by Crippen LogP contribution is -2.60. The first kappa shape index (κ1) is 30.4. The van der Waals surface area contributed by atoms with Crippen LogP contribution in [0, 0.1) is 23.7 Å². The van der Waals surface area contributed by atoms with Crippen LogP contribution in [0.4, 0.5) is 4.79 Å². The monoisotopic (exact) mass is 612 g/mol. The summed E-state index contributed by atoms with van der Waals surface area (Å²) in [5, 5.41) is 18.5. The Morgan fingerprint density at radius 2 is 1.62 bits per heavy atom. The van der Waals surface area contributed by atoms with Gasteiger partial charge in [0.2, 0.25) is 11.8 Å². The normalized spacial score (nSPS) is 25.4.